The highest BCUT2D eigenvalue weighted by molar-refractivity contribution is 7.18. The predicted octanol–water partition coefficient (Wildman–Crippen LogP) is 3.58. The zero-order valence-electron chi connectivity index (χ0n) is 13.5. The SMILES string of the molecule is Cc1nsc(C)c1C(=O)N1CCOCC1c1nc2ccccc2s1. The monoisotopic (exact) mass is 359 g/mol. The summed E-state index contributed by atoms with van der Waals surface area (Å²) in [4.78, 5) is 20.7. The maximum Gasteiger partial charge on any atom is 0.257 e. The van der Waals surface area contributed by atoms with Crippen LogP contribution in [0.1, 0.15) is 32.0 Å². The summed E-state index contributed by atoms with van der Waals surface area (Å²) >= 11 is 3.02. The van der Waals surface area contributed by atoms with Crippen LogP contribution in [0.4, 0.5) is 0 Å². The van der Waals surface area contributed by atoms with Crippen LogP contribution in [-0.4, -0.2) is 39.9 Å². The molecule has 1 aliphatic rings. The molecule has 124 valence electrons. The summed E-state index contributed by atoms with van der Waals surface area (Å²) in [5.41, 5.74) is 2.50. The molecule has 1 atom stereocenters. The second kappa shape index (κ2) is 6.23. The smallest absolute Gasteiger partial charge is 0.257 e. The number of carbonyl (C=O) groups excluding carboxylic acids is 1. The van der Waals surface area contributed by atoms with Gasteiger partial charge in [-0.05, 0) is 37.5 Å². The molecular formula is C17H17N3O2S2. The van der Waals surface area contributed by atoms with E-state index in [1.54, 1.807) is 11.3 Å². The fourth-order valence-corrected chi connectivity index (χ4v) is 4.77. The molecule has 1 fully saturated rings. The summed E-state index contributed by atoms with van der Waals surface area (Å²) in [7, 11) is 0. The molecule has 5 nitrogen and oxygen atoms in total. The second-order valence-electron chi connectivity index (χ2n) is 5.81. The Bertz CT molecular complexity index is 850. The molecule has 0 radical (unpaired) electrons. The Hall–Kier alpha value is -1.83. The molecule has 0 bridgehead atoms. The van der Waals surface area contributed by atoms with Crippen LogP contribution in [0.25, 0.3) is 10.2 Å². The first-order valence-electron chi connectivity index (χ1n) is 7.82. The van der Waals surface area contributed by atoms with Crippen LogP contribution in [0.15, 0.2) is 24.3 Å². The number of amides is 1. The van der Waals surface area contributed by atoms with E-state index in [0.29, 0.717) is 19.8 Å². The molecule has 7 heteroatoms. The predicted molar refractivity (Wildman–Crippen MR) is 95.8 cm³/mol. The van der Waals surface area contributed by atoms with Gasteiger partial charge in [0.1, 0.15) is 11.0 Å². The number of morpholine rings is 1. The minimum Gasteiger partial charge on any atom is -0.377 e. The second-order valence-corrected chi connectivity index (χ2v) is 7.85. The highest BCUT2D eigenvalue weighted by Gasteiger charge is 2.33. The van der Waals surface area contributed by atoms with Gasteiger partial charge in [0, 0.05) is 11.4 Å². The Balaban J connectivity index is 1.71. The van der Waals surface area contributed by atoms with E-state index in [0.717, 1.165) is 31.4 Å². The summed E-state index contributed by atoms with van der Waals surface area (Å²) in [5.74, 6) is 0.0336. The van der Waals surface area contributed by atoms with Gasteiger partial charge in [-0.15, -0.1) is 11.3 Å². The van der Waals surface area contributed by atoms with Crippen molar-refractivity contribution in [2.45, 2.75) is 19.9 Å². The van der Waals surface area contributed by atoms with Crippen molar-refractivity contribution in [3.05, 3.63) is 45.4 Å². The number of hydrogen-bond acceptors (Lipinski definition) is 6. The summed E-state index contributed by atoms with van der Waals surface area (Å²) in [6.07, 6.45) is 0. The number of fused-ring (bicyclic) bond motifs is 1. The van der Waals surface area contributed by atoms with Crippen LogP contribution in [0.5, 0.6) is 0 Å². The molecule has 0 N–H and O–H groups in total. The quantitative estimate of drug-likeness (QED) is 0.702. The number of nitrogens with zero attached hydrogens (tertiary/aromatic N) is 3. The topological polar surface area (TPSA) is 55.3 Å². The molecule has 1 saturated heterocycles. The van der Waals surface area contributed by atoms with Gasteiger partial charge in [0.25, 0.3) is 5.91 Å². The van der Waals surface area contributed by atoms with Crippen molar-refractivity contribution in [3.8, 4) is 0 Å². The fraction of sp³-hybridized carbons (Fsp3) is 0.353. The summed E-state index contributed by atoms with van der Waals surface area (Å²) in [5, 5.41) is 0.933. The standard InChI is InChI=1S/C17H17N3O2S2/c1-10-15(11(2)24-19-10)17(21)20-7-8-22-9-13(20)16-18-12-5-3-4-6-14(12)23-16/h3-6,13H,7-9H2,1-2H3. The number of aromatic nitrogens is 2. The maximum absolute atomic E-state index is 13.1. The first kappa shape index (κ1) is 15.7. The first-order chi connectivity index (χ1) is 11.6. The molecule has 1 aromatic carbocycles. The van der Waals surface area contributed by atoms with Gasteiger partial charge in [0.15, 0.2) is 0 Å². The minimum absolute atomic E-state index is 0.0336. The van der Waals surface area contributed by atoms with E-state index < -0.39 is 0 Å². The van der Waals surface area contributed by atoms with Crippen molar-refractivity contribution in [1.82, 2.24) is 14.3 Å². The van der Waals surface area contributed by atoms with Crippen molar-refractivity contribution in [2.75, 3.05) is 19.8 Å². The number of rotatable bonds is 2. The molecule has 0 spiro atoms. The molecule has 0 saturated carbocycles. The van der Waals surface area contributed by atoms with Crippen molar-refractivity contribution < 1.29 is 9.53 Å². The van der Waals surface area contributed by atoms with Crippen molar-refractivity contribution in [1.29, 1.82) is 0 Å². The molecular weight excluding hydrogens is 342 g/mol. The lowest BCUT2D eigenvalue weighted by atomic mass is 10.1. The van der Waals surface area contributed by atoms with Crippen LogP contribution in [0.3, 0.4) is 0 Å². The Morgan fingerprint density at radius 3 is 2.92 bits per heavy atom. The van der Waals surface area contributed by atoms with Gasteiger partial charge >= 0.3 is 0 Å². The number of ether oxygens (including phenoxy) is 1. The third-order valence-electron chi connectivity index (χ3n) is 4.23. The average molecular weight is 359 g/mol. The molecule has 1 aliphatic heterocycles. The van der Waals surface area contributed by atoms with E-state index in [-0.39, 0.29) is 11.9 Å². The summed E-state index contributed by atoms with van der Waals surface area (Å²) in [6.45, 7) is 5.47. The van der Waals surface area contributed by atoms with Crippen molar-refractivity contribution >= 4 is 39.0 Å². The van der Waals surface area contributed by atoms with E-state index in [4.69, 9.17) is 9.72 Å². The van der Waals surface area contributed by atoms with Gasteiger partial charge in [-0.3, -0.25) is 4.79 Å². The number of para-hydroxylation sites is 1. The highest BCUT2D eigenvalue weighted by Crippen LogP contribution is 2.33. The molecule has 1 amide bonds. The van der Waals surface area contributed by atoms with Gasteiger partial charge in [0.2, 0.25) is 0 Å². The average Bonchev–Trinajstić information content (AvgIpc) is 3.17. The van der Waals surface area contributed by atoms with Crippen molar-refractivity contribution in [3.63, 3.8) is 0 Å². The number of benzene rings is 1. The lowest BCUT2D eigenvalue weighted by molar-refractivity contribution is -0.00275. The number of hydrogen-bond donors (Lipinski definition) is 0. The molecule has 0 aliphatic carbocycles. The highest BCUT2D eigenvalue weighted by atomic mass is 32.1. The Labute approximate surface area is 148 Å². The fourth-order valence-electron chi connectivity index (χ4n) is 3.02. The molecule has 3 aromatic rings. The summed E-state index contributed by atoms with van der Waals surface area (Å²) in [6, 6.07) is 7.91. The van der Waals surface area contributed by atoms with E-state index in [1.807, 2.05) is 36.9 Å². The Morgan fingerprint density at radius 1 is 1.33 bits per heavy atom. The van der Waals surface area contributed by atoms with Crippen LogP contribution < -0.4 is 0 Å². The van der Waals surface area contributed by atoms with Gasteiger partial charge in [-0.2, -0.15) is 4.37 Å². The minimum atomic E-state index is -0.137. The molecule has 1 unspecified atom stereocenters. The number of aryl methyl sites for hydroxylation is 2. The molecule has 24 heavy (non-hydrogen) atoms. The number of thiazole rings is 1. The normalized spacial score (nSPS) is 18.2. The van der Waals surface area contributed by atoms with Gasteiger partial charge < -0.3 is 9.64 Å². The zero-order chi connectivity index (χ0) is 16.7. The molecule has 3 heterocycles. The van der Waals surface area contributed by atoms with Gasteiger partial charge in [-0.1, -0.05) is 12.1 Å². The zero-order valence-corrected chi connectivity index (χ0v) is 15.1. The lowest BCUT2D eigenvalue weighted by Gasteiger charge is -2.34. The van der Waals surface area contributed by atoms with E-state index in [2.05, 4.69) is 10.4 Å². The van der Waals surface area contributed by atoms with Crippen LogP contribution in [0, 0.1) is 13.8 Å². The van der Waals surface area contributed by atoms with E-state index in [9.17, 15) is 4.79 Å². The molecule has 4 rings (SSSR count). The third-order valence-corrected chi connectivity index (χ3v) is 6.21. The van der Waals surface area contributed by atoms with Crippen molar-refractivity contribution in [2.24, 2.45) is 0 Å². The summed E-state index contributed by atoms with van der Waals surface area (Å²) < 4.78 is 11.1. The van der Waals surface area contributed by atoms with Crippen LogP contribution in [-0.2, 0) is 4.74 Å². The van der Waals surface area contributed by atoms with Gasteiger partial charge in [-0.25, -0.2) is 4.98 Å². The Kier molecular flexibility index (Phi) is 4.07. The van der Waals surface area contributed by atoms with Gasteiger partial charge in [0.05, 0.1) is 34.7 Å². The number of carbonyl (C=O) groups is 1. The first-order valence-corrected chi connectivity index (χ1v) is 9.41. The van der Waals surface area contributed by atoms with Crippen LogP contribution in [0.2, 0.25) is 0 Å². The van der Waals surface area contributed by atoms with E-state index in [1.165, 1.54) is 11.5 Å². The Morgan fingerprint density at radius 2 is 2.17 bits per heavy atom. The van der Waals surface area contributed by atoms with E-state index >= 15 is 0 Å². The van der Waals surface area contributed by atoms with Crippen LogP contribution >= 0.6 is 22.9 Å². The lowest BCUT2D eigenvalue weighted by Crippen LogP contribution is -2.43. The largest absolute Gasteiger partial charge is 0.377 e. The molecule has 2 aromatic heterocycles. The maximum atomic E-state index is 13.1. The third kappa shape index (κ3) is 2.62.